The number of hydrogen-bond acceptors (Lipinski definition) is 3. The minimum absolute atomic E-state index is 0.0504. The number of ether oxygens (including phenoxy) is 1. The van der Waals surface area contributed by atoms with Crippen LogP contribution in [0.4, 0.5) is 0 Å². The minimum atomic E-state index is -0.806. The van der Waals surface area contributed by atoms with Crippen molar-refractivity contribution in [3.8, 4) is 0 Å². The molecule has 1 aromatic rings. The average Bonchev–Trinajstić information content (AvgIpc) is 2.38. The topological polar surface area (TPSA) is 58.6 Å². The van der Waals surface area contributed by atoms with Gasteiger partial charge in [0.1, 0.15) is 6.04 Å². The molecule has 0 saturated heterocycles. The lowest BCUT2D eigenvalue weighted by atomic mass is 9.97. The molecular weight excluding hydrogens is 242 g/mol. The Kier molecular flexibility index (Phi) is 4.56. The fourth-order valence-corrected chi connectivity index (χ4v) is 2.49. The predicted molar refractivity (Wildman–Crippen MR) is 73.1 cm³/mol. The van der Waals surface area contributed by atoms with E-state index in [-0.39, 0.29) is 12.0 Å². The van der Waals surface area contributed by atoms with Crippen LogP contribution in [0.25, 0.3) is 0 Å². The number of nitrogens with one attached hydrogen (secondary N) is 1. The van der Waals surface area contributed by atoms with Crippen LogP contribution < -0.4 is 5.32 Å². The average molecular weight is 263 g/mol. The van der Waals surface area contributed by atoms with Crippen molar-refractivity contribution < 1.29 is 14.6 Å². The zero-order valence-electron chi connectivity index (χ0n) is 11.4. The second-order valence-corrected chi connectivity index (χ2v) is 5.28. The Balaban J connectivity index is 2.03. The molecule has 4 heteroatoms. The van der Waals surface area contributed by atoms with Gasteiger partial charge in [-0.25, -0.2) is 0 Å². The van der Waals surface area contributed by atoms with E-state index in [0.717, 1.165) is 6.42 Å². The van der Waals surface area contributed by atoms with Crippen LogP contribution >= 0.6 is 0 Å². The van der Waals surface area contributed by atoms with Crippen LogP contribution in [0.1, 0.15) is 31.1 Å². The Hall–Kier alpha value is -1.39. The number of fused-ring (bicyclic) bond motifs is 1. The van der Waals surface area contributed by atoms with E-state index < -0.39 is 12.0 Å². The molecule has 2 rings (SSSR count). The van der Waals surface area contributed by atoms with Crippen molar-refractivity contribution >= 4 is 5.97 Å². The van der Waals surface area contributed by atoms with Gasteiger partial charge in [-0.1, -0.05) is 38.1 Å². The number of rotatable bonds is 5. The lowest BCUT2D eigenvalue weighted by molar-refractivity contribution is -0.140. The van der Waals surface area contributed by atoms with Crippen LogP contribution in [0.15, 0.2) is 24.3 Å². The Labute approximate surface area is 113 Å². The molecule has 0 fully saturated rings. The summed E-state index contributed by atoms with van der Waals surface area (Å²) in [6.45, 7) is 5.04. The van der Waals surface area contributed by atoms with E-state index in [1.54, 1.807) is 0 Å². The second kappa shape index (κ2) is 6.17. The van der Waals surface area contributed by atoms with Crippen LogP contribution in [0.2, 0.25) is 0 Å². The first-order valence-electron chi connectivity index (χ1n) is 6.75. The molecule has 19 heavy (non-hydrogen) atoms. The molecule has 2 atom stereocenters. The molecule has 4 nitrogen and oxygen atoms in total. The molecule has 0 amide bonds. The summed E-state index contributed by atoms with van der Waals surface area (Å²) >= 11 is 0. The van der Waals surface area contributed by atoms with E-state index in [0.29, 0.717) is 13.2 Å². The Morgan fingerprint density at radius 2 is 2.21 bits per heavy atom. The molecule has 2 unspecified atom stereocenters. The molecule has 1 heterocycles. The standard InChI is InChI=1S/C15H21NO3/c1-10(2)14(15(17)18)16-9-13-12-6-4-3-5-11(12)7-8-19-13/h3-6,10,13-14,16H,7-9H2,1-2H3,(H,17,18). The van der Waals surface area contributed by atoms with Crippen LogP contribution in [0, 0.1) is 5.92 Å². The third-order valence-electron chi connectivity index (χ3n) is 3.55. The number of benzene rings is 1. The number of carboxylic acid groups (broad SMARTS) is 1. The van der Waals surface area contributed by atoms with Gasteiger partial charge in [0.15, 0.2) is 0 Å². The molecule has 1 aliphatic rings. The molecule has 0 radical (unpaired) electrons. The van der Waals surface area contributed by atoms with Crippen molar-refractivity contribution in [3.05, 3.63) is 35.4 Å². The van der Waals surface area contributed by atoms with Crippen molar-refractivity contribution in [2.24, 2.45) is 5.92 Å². The van der Waals surface area contributed by atoms with E-state index in [1.807, 2.05) is 26.0 Å². The molecule has 1 aliphatic heterocycles. The summed E-state index contributed by atoms with van der Waals surface area (Å²) in [5, 5.41) is 12.3. The van der Waals surface area contributed by atoms with Crippen molar-refractivity contribution in [1.82, 2.24) is 5.32 Å². The molecule has 0 aliphatic carbocycles. The number of carboxylic acids is 1. The molecular formula is C15H21NO3. The van der Waals surface area contributed by atoms with Gasteiger partial charge in [-0.15, -0.1) is 0 Å². The van der Waals surface area contributed by atoms with Crippen LogP contribution in [-0.4, -0.2) is 30.3 Å². The second-order valence-electron chi connectivity index (χ2n) is 5.28. The SMILES string of the molecule is CC(C)C(NCC1OCCc2ccccc21)C(=O)O. The molecule has 0 saturated carbocycles. The molecule has 2 N–H and O–H groups in total. The van der Waals surface area contributed by atoms with Crippen molar-refractivity contribution in [3.63, 3.8) is 0 Å². The fraction of sp³-hybridized carbons (Fsp3) is 0.533. The van der Waals surface area contributed by atoms with Crippen LogP contribution in [0.3, 0.4) is 0 Å². The number of carbonyl (C=O) groups is 1. The highest BCUT2D eigenvalue weighted by Crippen LogP contribution is 2.26. The quantitative estimate of drug-likeness (QED) is 0.853. The van der Waals surface area contributed by atoms with Crippen LogP contribution in [0.5, 0.6) is 0 Å². The number of aliphatic carboxylic acids is 1. The first-order chi connectivity index (χ1) is 9.09. The highest BCUT2D eigenvalue weighted by Gasteiger charge is 2.25. The van der Waals surface area contributed by atoms with Crippen molar-refractivity contribution in [2.75, 3.05) is 13.2 Å². The normalized spacial score (nSPS) is 20.1. The zero-order valence-corrected chi connectivity index (χ0v) is 11.4. The maximum absolute atomic E-state index is 11.2. The first kappa shape index (κ1) is 14.0. The third-order valence-corrected chi connectivity index (χ3v) is 3.55. The summed E-state index contributed by atoms with van der Waals surface area (Å²) in [6.07, 6.45) is 0.879. The van der Waals surface area contributed by atoms with Gasteiger partial charge in [0.2, 0.25) is 0 Å². The monoisotopic (exact) mass is 263 g/mol. The van der Waals surface area contributed by atoms with Crippen molar-refractivity contribution in [2.45, 2.75) is 32.4 Å². The summed E-state index contributed by atoms with van der Waals surface area (Å²) in [7, 11) is 0. The number of hydrogen-bond donors (Lipinski definition) is 2. The maximum Gasteiger partial charge on any atom is 0.320 e. The van der Waals surface area contributed by atoms with Gasteiger partial charge in [-0.3, -0.25) is 4.79 Å². The zero-order chi connectivity index (χ0) is 13.8. The van der Waals surface area contributed by atoms with E-state index in [9.17, 15) is 4.79 Å². The van der Waals surface area contributed by atoms with E-state index in [1.165, 1.54) is 11.1 Å². The molecule has 0 aromatic heterocycles. The van der Waals surface area contributed by atoms with Gasteiger partial charge in [0, 0.05) is 6.54 Å². The van der Waals surface area contributed by atoms with Gasteiger partial charge < -0.3 is 15.2 Å². The van der Waals surface area contributed by atoms with E-state index >= 15 is 0 Å². The molecule has 0 bridgehead atoms. The van der Waals surface area contributed by atoms with Gasteiger partial charge >= 0.3 is 5.97 Å². The highest BCUT2D eigenvalue weighted by molar-refractivity contribution is 5.73. The lowest BCUT2D eigenvalue weighted by Gasteiger charge is -2.28. The summed E-state index contributed by atoms with van der Waals surface area (Å²) in [5.74, 6) is -0.754. The summed E-state index contributed by atoms with van der Waals surface area (Å²) in [6, 6.07) is 7.67. The Morgan fingerprint density at radius 1 is 1.47 bits per heavy atom. The van der Waals surface area contributed by atoms with Gasteiger partial charge in [0.25, 0.3) is 0 Å². The first-order valence-corrected chi connectivity index (χ1v) is 6.75. The summed E-state index contributed by atoms with van der Waals surface area (Å²) < 4.78 is 5.76. The van der Waals surface area contributed by atoms with Crippen molar-refractivity contribution in [1.29, 1.82) is 0 Å². The largest absolute Gasteiger partial charge is 0.480 e. The molecule has 0 spiro atoms. The summed E-state index contributed by atoms with van der Waals surface area (Å²) in [5.41, 5.74) is 2.48. The predicted octanol–water partition coefficient (Wildman–Crippen LogP) is 2.00. The molecule has 104 valence electrons. The highest BCUT2D eigenvalue weighted by atomic mass is 16.5. The van der Waals surface area contributed by atoms with Gasteiger partial charge in [-0.05, 0) is 23.5 Å². The summed E-state index contributed by atoms with van der Waals surface area (Å²) in [4.78, 5) is 11.2. The smallest absolute Gasteiger partial charge is 0.320 e. The van der Waals surface area contributed by atoms with E-state index in [2.05, 4.69) is 17.4 Å². The van der Waals surface area contributed by atoms with E-state index in [4.69, 9.17) is 9.84 Å². The lowest BCUT2D eigenvalue weighted by Crippen LogP contribution is -2.43. The van der Waals surface area contributed by atoms with Crippen LogP contribution in [-0.2, 0) is 16.0 Å². The Morgan fingerprint density at radius 3 is 2.89 bits per heavy atom. The molecule has 1 aromatic carbocycles. The maximum atomic E-state index is 11.2. The Bertz CT molecular complexity index is 445. The van der Waals surface area contributed by atoms with Gasteiger partial charge in [0.05, 0.1) is 12.7 Å². The minimum Gasteiger partial charge on any atom is -0.480 e. The third kappa shape index (κ3) is 3.33. The fourth-order valence-electron chi connectivity index (χ4n) is 2.49. The van der Waals surface area contributed by atoms with Gasteiger partial charge in [-0.2, -0.15) is 0 Å².